The molecule has 0 atom stereocenters. The Morgan fingerprint density at radius 3 is 0.882 bits per heavy atom. The van der Waals surface area contributed by atoms with Gasteiger partial charge in [0, 0.05) is 13.0 Å². The molecule has 0 aromatic heterocycles. The molecule has 0 saturated carbocycles. The smallest absolute Gasteiger partial charge is 0.305 e. The molecule has 0 radical (unpaired) electrons. The predicted octanol–water partition coefficient (Wildman–Crippen LogP) is 2.65. The fourth-order valence-electron chi connectivity index (χ4n) is 3.93. The first-order chi connectivity index (χ1) is 25.2. The van der Waals surface area contributed by atoms with Gasteiger partial charge in [0.1, 0.15) is 6.61 Å². The highest BCUT2D eigenvalue weighted by Gasteiger charge is 2.02. The summed E-state index contributed by atoms with van der Waals surface area (Å²) in [5.41, 5.74) is 0. The quantitative estimate of drug-likeness (QED) is 0.0667. The van der Waals surface area contributed by atoms with Gasteiger partial charge in [-0.15, -0.1) is 0 Å². The summed E-state index contributed by atoms with van der Waals surface area (Å²) < 4.78 is 70.8. The van der Waals surface area contributed by atoms with Crippen molar-refractivity contribution in [3.8, 4) is 0 Å². The number of nitrogens with zero attached hydrogens (tertiary/aromatic N) is 1. The van der Waals surface area contributed by atoms with Crippen LogP contribution in [0.4, 0.5) is 0 Å². The van der Waals surface area contributed by atoms with Crippen molar-refractivity contribution in [1.29, 1.82) is 0 Å². The summed E-state index contributed by atoms with van der Waals surface area (Å²) in [5.74, 6) is -0.148. The second-order valence-corrected chi connectivity index (χ2v) is 11.5. The van der Waals surface area contributed by atoms with E-state index in [-0.39, 0.29) is 12.6 Å². The average Bonchev–Trinajstić information content (AvgIpc) is 3.12. The van der Waals surface area contributed by atoms with Crippen LogP contribution >= 0.6 is 0 Å². The summed E-state index contributed by atoms with van der Waals surface area (Å²) in [5, 5.41) is 0. The van der Waals surface area contributed by atoms with E-state index in [0.717, 1.165) is 19.4 Å². The Kier molecular flexibility index (Phi) is 44.2. The first kappa shape index (κ1) is 49.9. The first-order valence-corrected chi connectivity index (χ1v) is 18.9. The van der Waals surface area contributed by atoms with Gasteiger partial charge in [0.15, 0.2) is 0 Å². The topological polar surface area (TPSA) is 140 Å². The Bertz CT molecular complexity index is 665. The third-order valence-corrected chi connectivity index (χ3v) is 6.75. The molecule has 15 heteroatoms. The van der Waals surface area contributed by atoms with Gasteiger partial charge in [-0.05, 0) is 20.5 Å². The second-order valence-electron chi connectivity index (χ2n) is 11.5. The van der Waals surface area contributed by atoms with Crippen molar-refractivity contribution in [3.63, 3.8) is 0 Å². The van der Waals surface area contributed by atoms with Crippen molar-refractivity contribution < 1.29 is 66.4 Å². The summed E-state index contributed by atoms with van der Waals surface area (Å²) in [6, 6.07) is 0. The van der Waals surface area contributed by atoms with E-state index in [1.807, 2.05) is 14.1 Å². The number of ether oxygens (including phenoxy) is 13. The fraction of sp³-hybridized carbons (Fsp3) is 0.972. The van der Waals surface area contributed by atoms with E-state index in [2.05, 4.69) is 11.8 Å². The van der Waals surface area contributed by atoms with Crippen molar-refractivity contribution in [3.05, 3.63) is 0 Å². The zero-order valence-corrected chi connectivity index (χ0v) is 32.3. The fourth-order valence-corrected chi connectivity index (χ4v) is 3.93. The molecular formula is C36H73NO14. The van der Waals surface area contributed by atoms with Crippen LogP contribution in [0.5, 0.6) is 0 Å². The van der Waals surface area contributed by atoms with E-state index in [0.29, 0.717) is 165 Å². The van der Waals surface area contributed by atoms with E-state index in [9.17, 15) is 4.79 Å². The molecule has 0 aliphatic heterocycles. The SMILES string of the molecule is CCCCCCCC(=O)OCCOCCOCCOCCOCCOCCOCCOCCOCCOCCOCCOCCOCCN(C)C. The summed E-state index contributed by atoms with van der Waals surface area (Å²) in [4.78, 5) is 13.7. The Hall–Kier alpha value is -1.05. The second kappa shape index (κ2) is 45.1. The Morgan fingerprint density at radius 2 is 0.608 bits per heavy atom. The third kappa shape index (κ3) is 46.9. The van der Waals surface area contributed by atoms with Gasteiger partial charge in [-0.3, -0.25) is 4.79 Å². The molecule has 0 spiro atoms. The zero-order valence-electron chi connectivity index (χ0n) is 32.3. The molecule has 0 aromatic carbocycles. The van der Waals surface area contributed by atoms with Crippen LogP contribution < -0.4 is 0 Å². The van der Waals surface area contributed by atoms with Crippen LogP contribution in [0, 0.1) is 0 Å². The third-order valence-electron chi connectivity index (χ3n) is 6.75. The lowest BCUT2D eigenvalue weighted by molar-refractivity contribution is -0.145. The van der Waals surface area contributed by atoms with Crippen LogP contribution in [0.3, 0.4) is 0 Å². The maximum Gasteiger partial charge on any atom is 0.305 e. The predicted molar refractivity (Wildman–Crippen MR) is 193 cm³/mol. The molecule has 15 nitrogen and oxygen atoms in total. The van der Waals surface area contributed by atoms with E-state index >= 15 is 0 Å². The molecular weight excluding hydrogens is 670 g/mol. The number of hydrogen-bond acceptors (Lipinski definition) is 15. The number of carbonyl (C=O) groups is 1. The monoisotopic (exact) mass is 744 g/mol. The van der Waals surface area contributed by atoms with Gasteiger partial charge in [0.05, 0.1) is 159 Å². The maximum absolute atomic E-state index is 11.6. The summed E-state index contributed by atoms with van der Waals surface area (Å²) >= 11 is 0. The molecule has 0 rings (SSSR count). The van der Waals surface area contributed by atoms with Gasteiger partial charge < -0.3 is 66.5 Å². The lowest BCUT2D eigenvalue weighted by Gasteiger charge is -2.10. The molecule has 0 aromatic rings. The van der Waals surface area contributed by atoms with Crippen molar-refractivity contribution in [2.75, 3.05) is 186 Å². The molecule has 0 aliphatic rings. The Labute approximate surface area is 308 Å². The van der Waals surface area contributed by atoms with E-state index < -0.39 is 0 Å². The molecule has 0 unspecified atom stereocenters. The minimum Gasteiger partial charge on any atom is -0.463 e. The van der Waals surface area contributed by atoms with Crippen molar-refractivity contribution in [1.82, 2.24) is 4.90 Å². The maximum atomic E-state index is 11.6. The lowest BCUT2D eigenvalue weighted by Crippen LogP contribution is -2.19. The molecule has 0 amide bonds. The van der Waals surface area contributed by atoms with Gasteiger partial charge in [-0.1, -0.05) is 32.6 Å². The number of esters is 1. The number of likely N-dealkylation sites (N-methyl/N-ethyl adjacent to an activating group) is 1. The van der Waals surface area contributed by atoms with Crippen molar-refractivity contribution >= 4 is 5.97 Å². The van der Waals surface area contributed by atoms with Crippen LogP contribution in [0.1, 0.15) is 45.4 Å². The molecule has 0 bridgehead atoms. The Morgan fingerprint density at radius 1 is 0.353 bits per heavy atom. The van der Waals surface area contributed by atoms with E-state index in [4.69, 9.17) is 61.6 Å². The normalized spacial score (nSPS) is 11.6. The van der Waals surface area contributed by atoms with Gasteiger partial charge in [0.2, 0.25) is 0 Å². The highest BCUT2D eigenvalue weighted by molar-refractivity contribution is 5.69. The van der Waals surface area contributed by atoms with Crippen LogP contribution in [-0.4, -0.2) is 197 Å². The number of carbonyl (C=O) groups excluding carboxylic acids is 1. The molecule has 51 heavy (non-hydrogen) atoms. The van der Waals surface area contributed by atoms with Gasteiger partial charge in [-0.2, -0.15) is 0 Å². The zero-order chi connectivity index (χ0) is 37.0. The van der Waals surface area contributed by atoms with Crippen molar-refractivity contribution in [2.24, 2.45) is 0 Å². The Balaban J connectivity index is 3.09. The molecule has 0 N–H and O–H groups in total. The van der Waals surface area contributed by atoms with Gasteiger partial charge in [0.25, 0.3) is 0 Å². The standard InChI is InChI=1S/C36H73NO14/c1-4-5-6-7-8-9-36(38)51-35-34-50-33-32-49-31-30-48-29-28-47-27-26-46-25-24-45-23-22-44-21-20-43-19-18-42-17-16-41-15-14-40-13-12-39-11-10-37(2)3/h4-35H2,1-3H3. The summed E-state index contributed by atoms with van der Waals surface area (Å²) in [6.07, 6.45) is 6.07. The number of rotatable bonds is 45. The number of hydrogen-bond donors (Lipinski definition) is 0. The van der Waals surface area contributed by atoms with Gasteiger partial charge in [-0.25, -0.2) is 0 Å². The van der Waals surface area contributed by atoms with Crippen LogP contribution in [-0.2, 0) is 66.4 Å². The summed E-state index contributed by atoms with van der Waals surface area (Å²) in [7, 11) is 4.04. The number of unbranched alkanes of at least 4 members (excludes halogenated alkanes) is 4. The summed E-state index contributed by atoms with van der Waals surface area (Å²) in [6.45, 7) is 15.7. The van der Waals surface area contributed by atoms with Crippen LogP contribution in [0.25, 0.3) is 0 Å². The van der Waals surface area contributed by atoms with Crippen molar-refractivity contribution in [2.45, 2.75) is 45.4 Å². The highest BCUT2D eigenvalue weighted by atomic mass is 16.6. The molecule has 306 valence electrons. The largest absolute Gasteiger partial charge is 0.463 e. The van der Waals surface area contributed by atoms with Gasteiger partial charge >= 0.3 is 5.97 Å². The first-order valence-electron chi connectivity index (χ1n) is 18.9. The molecule has 0 saturated heterocycles. The highest BCUT2D eigenvalue weighted by Crippen LogP contribution is 2.05. The lowest BCUT2D eigenvalue weighted by atomic mass is 10.1. The van der Waals surface area contributed by atoms with Crippen LogP contribution in [0.15, 0.2) is 0 Å². The molecule has 0 aliphatic carbocycles. The molecule has 0 heterocycles. The molecule has 0 fully saturated rings. The van der Waals surface area contributed by atoms with E-state index in [1.165, 1.54) is 19.3 Å². The minimum atomic E-state index is -0.148. The van der Waals surface area contributed by atoms with Crippen LogP contribution in [0.2, 0.25) is 0 Å². The van der Waals surface area contributed by atoms with E-state index in [1.54, 1.807) is 0 Å². The minimum absolute atomic E-state index is 0.148. The average molecular weight is 744 g/mol.